The number of benzene rings is 1. The Morgan fingerprint density at radius 3 is 2.81 bits per heavy atom. The normalized spacial score (nSPS) is 18.1. The van der Waals surface area contributed by atoms with Crippen LogP contribution in [0.15, 0.2) is 30.3 Å². The number of carbonyl (C=O) groups excluding carboxylic acids is 1. The molecule has 2 N–H and O–H groups in total. The van der Waals surface area contributed by atoms with Crippen molar-refractivity contribution >= 4 is 22.8 Å². The summed E-state index contributed by atoms with van der Waals surface area (Å²) in [6, 6.07) is 7.85. The van der Waals surface area contributed by atoms with Crippen molar-refractivity contribution in [2.45, 2.75) is 18.9 Å². The van der Waals surface area contributed by atoms with Gasteiger partial charge in [-0.2, -0.15) is 0 Å². The van der Waals surface area contributed by atoms with E-state index in [1.165, 1.54) is 4.90 Å². The molecule has 1 aliphatic heterocycles. The molecular weight excluding hydrogens is 272 g/mol. The number of rotatable bonds is 2. The van der Waals surface area contributed by atoms with E-state index >= 15 is 0 Å². The summed E-state index contributed by atoms with van der Waals surface area (Å²) in [5.41, 5.74) is 0.629. The van der Waals surface area contributed by atoms with Crippen LogP contribution in [0.3, 0.4) is 0 Å². The van der Waals surface area contributed by atoms with Gasteiger partial charge >= 0.3 is 5.97 Å². The van der Waals surface area contributed by atoms with Crippen molar-refractivity contribution in [2.75, 3.05) is 6.54 Å². The maximum absolute atomic E-state index is 12.5. The number of aromatic hydroxyl groups is 1. The molecule has 21 heavy (non-hydrogen) atoms. The first kappa shape index (κ1) is 13.4. The van der Waals surface area contributed by atoms with E-state index in [-0.39, 0.29) is 11.4 Å². The lowest BCUT2D eigenvalue weighted by atomic mass is 10.1. The number of likely N-dealkylation sites (tertiary alicyclic amines) is 1. The zero-order chi connectivity index (χ0) is 15.0. The molecule has 2 heterocycles. The maximum atomic E-state index is 12.5. The molecule has 108 valence electrons. The minimum absolute atomic E-state index is 0.0434. The minimum Gasteiger partial charge on any atom is -0.493 e. The number of carbonyl (C=O) groups is 2. The zero-order valence-corrected chi connectivity index (χ0v) is 11.2. The van der Waals surface area contributed by atoms with E-state index in [0.29, 0.717) is 24.9 Å². The highest BCUT2D eigenvalue weighted by atomic mass is 16.4. The van der Waals surface area contributed by atoms with Gasteiger partial charge in [0.25, 0.3) is 5.91 Å². The third kappa shape index (κ3) is 2.29. The summed E-state index contributed by atoms with van der Waals surface area (Å²) in [7, 11) is 0. The highest BCUT2D eigenvalue weighted by Crippen LogP contribution is 2.26. The average molecular weight is 286 g/mol. The molecule has 2 aromatic rings. The number of carboxylic acid groups (broad SMARTS) is 1. The summed E-state index contributed by atoms with van der Waals surface area (Å²) in [6.45, 7) is 0.377. The third-order valence-corrected chi connectivity index (χ3v) is 3.73. The first-order valence-corrected chi connectivity index (χ1v) is 6.70. The molecule has 1 fully saturated rings. The topological polar surface area (TPSA) is 90.7 Å². The fourth-order valence-electron chi connectivity index (χ4n) is 2.68. The van der Waals surface area contributed by atoms with Crippen LogP contribution < -0.4 is 0 Å². The summed E-state index contributed by atoms with van der Waals surface area (Å²) in [5.74, 6) is -1.88. The van der Waals surface area contributed by atoms with Gasteiger partial charge < -0.3 is 15.1 Å². The zero-order valence-electron chi connectivity index (χ0n) is 11.2. The second-order valence-corrected chi connectivity index (χ2v) is 5.05. The lowest BCUT2D eigenvalue weighted by Crippen LogP contribution is -2.40. The SMILES string of the molecule is O=C(O)[C@@H]1CCCN1C(=O)c1cc2ccccc2nc1O. The molecular formula is C15H14N2O4. The fourth-order valence-corrected chi connectivity index (χ4v) is 2.68. The lowest BCUT2D eigenvalue weighted by molar-refractivity contribution is -0.141. The van der Waals surface area contributed by atoms with Crippen LogP contribution in [0.1, 0.15) is 23.2 Å². The largest absolute Gasteiger partial charge is 0.493 e. The molecule has 0 radical (unpaired) electrons. The summed E-state index contributed by atoms with van der Waals surface area (Å²) in [4.78, 5) is 28.9. The number of nitrogens with zero attached hydrogens (tertiary/aromatic N) is 2. The lowest BCUT2D eigenvalue weighted by Gasteiger charge is -2.21. The number of aromatic nitrogens is 1. The van der Waals surface area contributed by atoms with Gasteiger partial charge in [-0.3, -0.25) is 4.79 Å². The van der Waals surface area contributed by atoms with Gasteiger partial charge in [0.1, 0.15) is 11.6 Å². The number of pyridine rings is 1. The van der Waals surface area contributed by atoms with Crippen LogP contribution in [0.5, 0.6) is 5.88 Å². The second kappa shape index (κ2) is 5.05. The molecule has 0 unspecified atom stereocenters. The summed E-state index contributed by atoms with van der Waals surface area (Å²) in [5, 5.41) is 19.8. The average Bonchev–Trinajstić information content (AvgIpc) is 2.95. The molecule has 1 saturated heterocycles. The molecule has 6 nitrogen and oxygen atoms in total. The molecule has 0 saturated carbocycles. The Hall–Kier alpha value is -2.63. The fraction of sp³-hybridized carbons (Fsp3) is 0.267. The van der Waals surface area contributed by atoms with Gasteiger partial charge in [0, 0.05) is 11.9 Å². The molecule has 3 rings (SSSR count). The van der Waals surface area contributed by atoms with Crippen LogP contribution >= 0.6 is 0 Å². The van der Waals surface area contributed by atoms with Gasteiger partial charge in [0.15, 0.2) is 0 Å². The van der Waals surface area contributed by atoms with Gasteiger partial charge in [-0.05, 0) is 25.0 Å². The second-order valence-electron chi connectivity index (χ2n) is 5.05. The van der Waals surface area contributed by atoms with Crippen molar-refractivity contribution in [2.24, 2.45) is 0 Å². The van der Waals surface area contributed by atoms with Crippen LogP contribution in [0.2, 0.25) is 0 Å². The van der Waals surface area contributed by atoms with Crippen LogP contribution in [-0.2, 0) is 4.79 Å². The molecule has 1 aromatic carbocycles. The van der Waals surface area contributed by atoms with Crippen molar-refractivity contribution in [1.29, 1.82) is 0 Å². The van der Waals surface area contributed by atoms with E-state index in [1.54, 1.807) is 24.3 Å². The van der Waals surface area contributed by atoms with Crippen molar-refractivity contribution in [3.63, 3.8) is 0 Å². The summed E-state index contributed by atoms with van der Waals surface area (Å²) >= 11 is 0. The number of aliphatic carboxylic acids is 1. The van der Waals surface area contributed by atoms with E-state index in [0.717, 1.165) is 5.39 Å². The molecule has 0 bridgehead atoms. The van der Waals surface area contributed by atoms with Gasteiger partial charge in [0.2, 0.25) is 5.88 Å². The van der Waals surface area contributed by atoms with E-state index in [4.69, 9.17) is 5.11 Å². The monoisotopic (exact) mass is 286 g/mol. The number of fused-ring (bicyclic) bond motifs is 1. The Morgan fingerprint density at radius 1 is 1.29 bits per heavy atom. The highest BCUT2D eigenvalue weighted by Gasteiger charge is 2.35. The molecule has 1 aromatic heterocycles. The van der Waals surface area contributed by atoms with Crippen molar-refractivity contribution in [3.8, 4) is 5.88 Å². The summed E-state index contributed by atoms with van der Waals surface area (Å²) in [6.07, 6.45) is 1.08. The minimum atomic E-state index is -1.02. The highest BCUT2D eigenvalue weighted by molar-refractivity contribution is 6.01. The number of hydrogen-bond donors (Lipinski definition) is 2. The van der Waals surface area contributed by atoms with Crippen molar-refractivity contribution < 1.29 is 19.8 Å². The van der Waals surface area contributed by atoms with E-state index in [2.05, 4.69) is 4.98 Å². The standard InChI is InChI=1S/C15H14N2O4/c18-13-10(8-9-4-1-2-5-11(9)16-13)14(19)17-7-3-6-12(17)15(20)21/h1-2,4-5,8,12H,3,6-7H2,(H,16,18)(H,20,21)/t12-/m0/s1. The quantitative estimate of drug-likeness (QED) is 0.875. The molecule has 1 atom stereocenters. The van der Waals surface area contributed by atoms with Gasteiger partial charge in [0.05, 0.1) is 5.52 Å². The predicted molar refractivity (Wildman–Crippen MR) is 75.1 cm³/mol. The molecule has 6 heteroatoms. The third-order valence-electron chi connectivity index (χ3n) is 3.73. The number of para-hydroxylation sites is 1. The first-order chi connectivity index (χ1) is 10.1. The van der Waals surface area contributed by atoms with Crippen LogP contribution in [0.4, 0.5) is 0 Å². The van der Waals surface area contributed by atoms with Gasteiger partial charge in [-0.15, -0.1) is 0 Å². The van der Waals surface area contributed by atoms with Crippen molar-refractivity contribution in [3.05, 3.63) is 35.9 Å². The number of carboxylic acids is 1. The molecule has 0 spiro atoms. The van der Waals surface area contributed by atoms with Gasteiger partial charge in [-0.1, -0.05) is 18.2 Å². The molecule has 1 amide bonds. The number of hydrogen-bond acceptors (Lipinski definition) is 4. The first-order valence-electron chi connectivity index (χ1n) is 6.70. The molecule has 0 aliphatic carbocycles. The Bertz CT molecular complexity index is 729. The Balaban J connectivity index is 2.01. The van der Waals surface area contributed by atoms with Crippen LogP contribution in [0, 0.1) is 0 Å². The Morgan fingerprint density at radius 2 is 2.05 bits per heavy atom. The predicted octanol–water partition coefficient (Wildman–Crippen LogP) is 1.63. The molecule has 1 aliphatic rings. The number of amides is 1. The smallest absolute Gasteiger partial charge is 0.326 e. The van der Waals surface area contributed by atoms with Crippen LogP contribution in [0.25, 0.3) is 10.9 Å². The Labute approximate surface area is 120 Å². The summed E-state index contributed by atoms with van der Waals surface area (Å²) < 4.78 is 0. The van der Waals surface area contributed by atoms with E-state index in [9.17, 15) is 14.7 Å². The van der Waals surface area contributed by atoms with Gasteiger partial charge in [-0.25, -0.2) is 9.78 Å². The Kier molecular flexibility index (Phi) is 3.21. The van der Waals surface area contributed by atoms with Crippen molar-refractivity contribution in [1.82, 2.24) is 9.88 Å². The van der Waals surface area contributed by atoms with Crippen LogP contribution in [-0.4, -0.2) is 44.6 Å². The van der Waals surface area contributed by atoms with E-state index < -0.39 is 17.9 Å². The van der Waals surface area contributed by atoms with E-state index in [1.807, 2.05) is 6.07 Å². The maximum Gasteiger partial charge on any atom is 0.326 e.